The van der Waals surface area contributed by atoms with Gasteiger partial charge in [0.25, 0.3) is 0 Å². The average Bonchev–Trinajstić information content (AvgIpc) is 3.45. The normalized spacial score (nSPS) is 19.7. The maximum Gasteiger partial charge on any atom is 0.226 e. The van der Waals surface area contributed by atoms with Gasteiger partial charge in [0.2, 0.25) is 5.91 Å². The van der Waals surface area contributed by atoms with Crippen LogP contribution in [-0.2, 0) is 17.8 Å². The fourth-order valence-corrected chi connectivity index (χ4v) is 4.62. The van der Waals surface area contributed by atoms with Crippen molar-refractivity contribution in [3.63, 3.8) is 0 Å². The maximum absolute atomic E-state index is 13.5. The molecule has 1 saturated carbocycles. The van der Waals surface area contributed by atoms with Crippen molar-refractivity contribution in [2.45, 2.75) is 32.2 Å². The number of carbonyl (C=O) groups is 1. The van der Waals surface area contributed by atoms with Gasteiger partial charge < -0.3 is 15.0 Å². The molecule has 154 valence electrons. The third-order valence-corrected chi connectivity index (χ3v) is 6.54. The third-order valence-electron chi connectivity index (χ3n) is 6.54. The van der Waals surface area contributed by atoms with Gasteiger partial charge in [-0.3, -0.25) is 4.79 Å². The summed E-state index contributed by atoms with van der Waals surface area (Å²) in [5.41, 5.74) is 2.26. The summed E-state index contributed by atoms with van der Waals surface area (Å²) < 4.78 is 18.7. The van der Waals surface area contributed by atoms with Crippen molar-refractivity contribution in [1.29, 1.82) is 0 Å². The number of methoxy groups -OCH3 is 1. The van der Waals surface area contributed by atoms with Crippen LogP contribution in [0.4, 0.5) is 4.39 Å². The lowest BCUT2D eigenvalue weighted by Crippen LogP contribution is -2.37. The van der Waals surface area contributed by atoms with Gasteiger partial charge in [0.1, 0.15) is 11.6 Å². The van der Waals surface area contributed by atoms with Gasteiger partial charge in [-0.1, -0.05) is 30.3 Å². The molecule has 1 amide bonds. The predicted molar refractivity (Wildman–Crippen MR) is 111 cm³/mol. The van der Waals surface area contributed by atoms with Gasteiger partial charge in [-0.05, 0) is 68.0 Å². The van der Waals surface area contributed by atoms with Crippen molar-refractivity contribution >= 4 is 5.91 Å². The summed E-state index contributed by atoms with van der Waals surface area (Å²) in [5.74, 6) is 0.952. The van der Waals surface area contributed by atoms with Crippen LogP contribution >= 0.6 is 0 Å². The molecule has 1 aliphatic carbocycles. The van der Waals surface area contributed by atoms with Crippen LogP contribution in [0.5, 0.6) is 5.75 Å². The number of ether oxygens (including phenoxy) is 1. The Morgan fingerprint density at radius 3 is 2.62 bits per heavy atom. The Morgan fingerprint density at radius 1 is 1.17 bits per heavy atom. The number of piperidine rings is 1. The molecule has 5 heteroatoms. The largest absolute Gasteiger partial charge is 0.496 e. The second-order valence-electron chi connectivity index (χ2n) is 8.32. The SMILES string of the molecule is COc1ccccc1CN(CCc1ccc(F)cc1)C(=O)C1CC12CCNCC2. The van der Waals surface area contributed by atoms with Crippen LogP contribution in [0.3, 0.4) is 0 Å². The first-order valence-corrected chi connectivity index (χ1v) is 10.5. The molecular weight excluding hydrogens is 367 g/mol. The average molecular weight is 397 g/mol. The lowest BCUT2D eigenvalue weighted by molar-refractivity contribution is -0.134. The summed E-state index contributed by atoms with van der Waals surface area (Å²) in [6.45, 7) is 3.17. The summed E-state index contributed by atoms with van der Waals surface area (Å²) in [4.78, 5) is 15.4. The summed E-state index contributed by atoms with van der Waals surface area (Å²) in [7, 11) is 1.66. The van der Waals surface area contributed by atoms with E-state index in [1.165, 1.54) is 12.1 Å². The summed E-state index contributed by atoms with van der Waals surface area (Å²) >= 11 is 0. The van der Waals surface area contributed by atoms with E-state index >= 15 is 0 Å². The van der Waals surface area contributed by atoms with E-state index in [1.54, 1.807) is 19.2 Å². The Hall–Kier alpha value is -2.40. The molecule has 29 heavy (non-hydrogen) atoms. The smallest absolute Gasteiger partial charge is 0.226 e. The van der Waals surface area contributed by atoms with Crippen LogP contribution in [0.1, 0.15) is 30.4 Å². The highest BCUT2D eigenvalue weighted by atomic mass is 19.1. The first-order chi connectivity index (χ1) is 14.1. The van der Waals surface area contributed by atoms with Gasteiger partial charge in [-0.15, -0.1) is 0 Å². The highest BCUT2D eigenvalue weighted by Crippen LogP contribution is 2.59. The topological polar surface area (TPSA) is 41.6 Å². The summed E-state index contributed by atoms with van der Waals surface area (Å²) in [5, 5.41) is 3.40. The Labute approximate surface area is 172 Å². The monoisotopic (exact) mass is 396 g/mol. The van der Waals surface area contributed by atoms with Crippen molar-refractivity contribution in [2.24, 2.45) is 11.3 Å². The van der Waals surface area contributed by atoms with Crippen LogP contribution in [-0.4, -0.2) is 37.6 Å². The molecular formula is C24H29FN2O2. The third kappa shape index (κ3) is 4.45. The number of halogens is 1. The second kappa shape index (κ2) is 8.54. The number of nitrogens with one attached hydrogen (secondary N) is 1. The van der Waals surface area contributed by atoms with E-state index in [-0.39, 0.29) is 23.1 Å². The van der Waals surface area contributed by atoms with E-state index in [1.807, 2.05) is 29.2 Å². The van der Waals surface area contributed by atoms with Crippen LogP contribution in [0, 0.1) is 17.2 Å². The van der Waals surface area contributed by atoms with Gasteiger partial charge in [0, 0.05) is 24.6 Å². The van der Waals surface area contributed by atoms with Crippen LogP contribution in [0.2, 0.25) is 0 Å². The molecule has 2 fully saturated rings. The number of rotatable bonds is 7. The van der Waals surface area contributed by atoms with Crippen LogP contribution < -0.4 is 10.1 Å². The maximum atomic E-state index is 13.5. The Balaban J connectivity index is 1.50. The molecule has 1 unspecified atom stereocenters. The lowest BCUT2D eigenvalue weighted by atomic mass is 9.91. The van der Waals surface area contributed by atoms with E-state index in [4.69, 9.17) is 4.74 Å². The highest BCUT2D eigenvalue weighted by Gasteiger charge is 2.58. The van der Waals surface area contributed by atoms with Crippen molar-refractivity contribution in [3.8, 4) is 5.75 Å². The molecule has 1 atom stereocenters. The molecule has 1 saturated heterocycles. The number of amides is 1. The van der Waals surface area contributed by atoms with Crippen molar-refractivity contribution in [1.82, 2.24) is 10.2 Å². The van der Waals surface area contributed by atoms with Gasteiger partial charge in [-0.25, -0.2) is 4.39 Å². The predicted octanol–water partition coefficient (Wildman–Crippen LogP) is 3.80. The molecule has 1 N–H and O–H groups in total. The minimum atomic E-state index is -0.235. The fraction of sp³-hybridized carbons (Fsp3) is 0.458. The molecule has 1 aliphatic heterocycles. The highest BCUT2D eigenvalue weighted by molar-refractivity contribution is 5.83. The molecule has 2 aromatic rings. The number of hydrogen-bond donors (Lipinski definition) is 1. The second-order valence-corrected chi connectivity index (χ2v) is 8.32. The summed E-state index contributed by atoms with van der Waals surface area (Å²) in [6.07, 6.45) is 3.89. The zero-order chi connectivity index (χ0) is 20.3. The first-order valence-electron chi connectivity index (χ1n) is 10.5. The van der Waals surface area contributed by atoms with Crippen molar-refractivity contribution in [2.75, 3.05) is 26.7 Å². The molecule has 4 rings (SSSR count). The van der Waals surface area contributed by atoms with E-state index in [0.717, 1.165) is 49.2 Å². The molecule has 2 aromatic carbocycles. The molecule has 0 bridgehead atoms. The lowest BCUT2D eigenvalue weighted by Gasteiger charge is -2.27. The zero-order valence-electron chi connectivity index (χ0n) is 17.0. The zero-order valence-corrected chi connectivity index (χ0v) is 17.0. The van der Waals surface area contributed by atoms with Gasteiger partial charge in [0.05, 0.1) is 7.11 Å². The van der Waals surface area contributed by atoms with E-state index in [9.17, 15) is 9.18 Å². The van der Waals surface area contributed by atoms with Gasteiger partial charge in [-0.2, -0.15) is 0 Å². The molecule has 0 radical (unpaired) electrons. The molecule has 1 heterocycles. The van der Waals surface area contributed by atoms with Gasteiger partial charge >= 0.3 is 0 Å². The standard InChI is InChI=1S/C24H29FN2O2/c1-29-22-5-3-2-4-19(22)17-27(15-10-18-6-8-20(25)9-7-18)23(28)21-16-24(21)11-13-26-14-12-24/h2-9,21,26H,10-17H2,1H3. The Kier molecular flexibility index (Phi) is 5.86. The Bertz CT molecular complexity index is 846. The quantitative estimate of drug-likeness (QED) is 0.774. The number of benzene rings is 2. The number of carbonyl (C=O) groups excluding carboxylic acids is 1. The minimum absolute atomic E-state index is 0.132. The van der Waals surface area contributed by atoms with Crippen LogP contribution in [0.15, 0.2) is 48.5 Å². The Morgan fingerprint density at radius 2 is 1.90 bits per heavy atom. The molecule has 4 nitrogen and oxygen atoms in total. The number of nitrogens with zero attached hydrogens (tertiary/aromatic N) is 1. The van der Waals surface area contributed by atoms with E-state index in [2.05, 4.69) is 5.32 Å². The minimum Gasteiger partial charge on any atom is -0.496 e. The van der Waals surface area contributed by atoms with Gasteiger partial charge in [0.15, 0.2) is 0 Å². The molecule has 0 aromatic heterocycles. The molecule has 1 spiro atoms. The van der Waals surface area contributed by atoms with E-state index < -0.39 is 0 Å². The fourth-order valence-electron chi connectivity index (χ4n) is 4.62. The number of hydrogen-bond acceptors (Lipinski definition) is 3. The van der Waals surface area contributed by atoms with E-state index in [0.29, 0.717) is 19.5 Å². The number of para-hydroxylation sites is 1. The van der Waals surface area contributed by atoms with Crippen molar-refractivity contribution in [3.05, 3.63) is 65.5 Å². The first kappa shape index (κ1) is 19.9. The van der Waals surface area contributed by atoms with Crippen molar-refractivity contribution < 1.29 is 13.9 Å². The summed E-state index contributed by atoms with van der Waals surface area (Å²) in [6, 6.07) is 14.4. The molecule has 2 aliphatic rings. The van der Waals surface area contributed by atoms with Crippen LogP contribution in [0.25, 0.3) is 0 Å².